The predicted molar refractivity (Wildman–Crippen MR) is 32.9 cm³/mol. The lowest BCUT2D eigenvalue weighted by Crippen LogP contribution is -2.11. The van der Waals surface area contributed by atoms with Crippen LogP contribution in [-0.4, -0.2) is 19.3 Å². The van der Waals surface area contributed by atoms with Crippen LogP contribution in [0.3, 0.4) is 0 Å². The molecule has 0 amide bonds. The molecule has 1 rings (SSSR count). The molecule has 0 spiro atoms. The summed E-state index contributed by atoms with van der Waals surface area (Å²) in [5, 5.41) is 9.85. The van der Waals surface area contributed by atoms with Crippen molar-refractivity contribution in [2.75, 3.05) is 13.1 Å². The van der Waals surface area contributed by atoms with Crippen LogP contribution in [0.5, 0.6) is 0 Å². The van der Waals surface area contributed by atoms with Gasteiger partial charge < -0.3 is 16.5 Å². The fourth-order valence-electron chi connectivity index (χ4n) is 0.703. The standard InChI is InChI=1S/C5H9N3/c6-1-4-2-8-3-5(4)7/h1,6,8H,2-3,7H2. The molecule has 0 aromatic carbocycles. The summed E-state index contributed by atoms with van der Waals surface area (Å²) in [7, 11) is 0. The summed E-state index contributed by atoms with van der Waals surface area (Å²) in [6, 6.07) is 0. The zero-order chi connectivity index (χ0) is 5.98. The Labute approximate surface area is 48.1 Å². The highest BCUT2D eigenvalue weighted by Crippen LogP contribution is 1.98. The molecule has 0 bridgehead atoms. The molecule has 1 aliphatic rings. The Morgan fingerprint density at radius 2 is 2.38 bits per heavy atom. The Bertz CT molecular complexity index is 137. The molecule has 0 fully saturated rings. The van der Waals surface area contributed by atoms with Gasteiger partial charge in [0.2, 0.25) is 0 Å². The summed E-state index contributed by atoms with van der Waals surface area (Å²) in [4.78, 5) is 0. The van der Waals surface area contributed by atoms with Crippen LogP contribution in [0.4, 0.5) is 0 Å². The molecule has 0 aromatic rings. The van der Waals surface area contributed by atoms with Gasteiger partial charge in [-0.3, -0.25) is 0 Å². The van der Waals surface area contributed by atoms with E-state index in [1.165, 1.54) is 6.21 Å². The Morgan fingerprint density at radius 3 is 2.62 bits per heavy atom. The summed E-state index contributed by atoms with van der Waals surface area (Å²) in [6.45, 7) is 1.50. The van der Waals surface area contributed by atoms with Crippen molar-refractivity contribution in [1.82, 2.24) is 5.32 Å². The van der Waals surface area contributed by atoms with Crippen molar-refractivity contribution in [1.29, 1.82) is 5.41 Å². The lowest BCUT2D eigenvalue weighted by molar-refractivity contribution is 0.867. The molecule has 0 aromatic heterocycles. The van der Waals surface area contributed by atoms with Crippen LogP contribution in [0.15, 0.2) is 11.3 Å². The van der Waals surface area contributed by atoms with Gasteiger partial charge in [0, 0.05) is 30.6 Å². The van der Waals surface area contributed by atoms with E-state index < -0.39 is 0 Å². The van der Waals surface area contributed by atoms with E-state index in [9.17, 15) is 0 Å². The summed E-state index contributed by atoms with van der Waals surface area (Å²) < 4.78 is 0. The van der Waals surface area contributed by atoms with Crippen LogP contribution in [-0.2, 0) is 0 Å². The van der Waals surface area contributed by atoms with Gasteiger partial charge in [-0.05, 0) is 0 Å². The first-order chi connectivity index (χ1) is 3.84. The highest BCUT2D eigenvalue weighted by atomic mass is 14.9. The van der Waals surface area contributed by atoms with Crippen molar-refractivity contribution in [3.8, 4) is 0 Å². The summed E-state index contributed by atoms with van der Waals surface area (Å²) in [5.74, 6) is 0. The third-order valence-corrected chi connectivity index (χ3v) is 1.22. The van der Waals surface area contributed by atoms with E-state index in [1.807, 2.05) is 0 Å². The number of hydrogen-bond donors (Lipinski definition) is 3. The van der Waals surface area contributed by atoms with Crippen molar-refractivity contribution in [3.63, 3.8) is 0 Å². The van der Waals surface area contributed by atoms with Crippen LogP contribution in [0.2, 0.25) is 0 Å². The van der Waals surface area contributed by atoms with Crippen LogP contribution in [0.1, 0.15) is 0 Å². The van der Waals surface area contributed by atoms with Crippen molar-refractivity contribution in [2.24, 2.45) is 5.73 Å². The first kappa shape index (κ1) is 5.31. The molecule has 1 heterocycles. The number of rotatable bonds is 1. The lowest BCUT2D eigenvalue weighted by Gasteiger charge is -1.87. The third-order valence-electron chi connectivity index (χ3n) is 1.22. The maximum Gasteiger partial charge on any atom is 0.0358 e. The monoisotopic (exact) mass is 111 g/mol. The van der Waals surface area contributed by atoms with Crippen LogP contribution in [0, 0.1) is 5.41 Å². The van der Waals surface area contributed by atoms with Crippen molar-refractivity contribution >= 4 is 6.21 Å². The van der Waals surface area contributed by atoms with Gasteiger partial charge in [-0.2, -0.15) is 0 Å². The smallest absolute Gasteiger partial charge is 0.0358 e. The zero-order valence-electron chi connectivity index (χ0n) is 4.57. The molecule has 0 saturated heterocycles. The van der Waals surface area contributed by atoms with Gasteiger partial charge in [-0.25, -0.2) is 0 Å². The largest absolute Gasteiger partial charge is 0.401 e. The second-order valence-corrected chi connectivity index (χ2v) is 1.80. The molecule has 1 aliphatic heterocycles. The molecule has 8 heavy (non-hydrogen) atoms. The van der Waals surface area contributed by atoms with Crippen LogP contribution >= 0.6 is 0 Å². The molecule has 0 atom stereocenters. The minimum atomic E-state index is 0.741. The van der Waals surface area contributed by atoms with Gasteiger partial charge in [-0.1, -0.05) is 0 Å². The van der Waals surface area contributed by atoms with E-state index >= 15 is 0 Å². The maximum atomic E-state index is 6.83. The maximum absolute atomic E-state index is 6.83. The first-order valence-corrected chi connectivity index (χ1v) is 2.53. The van der Waals surface area contributed by atoms with E-state index in [0.29, 0.717) is 0 Å². The zero-order valence-corrected chi connectivity index (χ0v) is 4.57. The lowest BCUT2D eigenvalue weighted by atomic mass is 10.3. The topological polar surface area (TPSA) is 61.9 Å². The molecule has 4 N–H and O–H groups in total. The Morgan fingerprint density at radius 1 is 1.62 bits per heavy atom. The normalized spacial score (nSPS) is 19.5. The first-order valence-electron chi connectivity index (χ1n) is 2.53. The van der Waals surface area contributed by atoms with Gasteiger partial charge in [0.05, 0.1) is 0 Å². The summed E-state index contributed by atoms with van der Waals surface area (Å²) >= 11 is 0. The molecule has 44 valence electrons. The highest BCUT2D eigenvalue weighted by Gasteiger charge is 2.06. The van der Waals surface area contributed by atoms with E-state index in [0.717, 1.165) is 24.4 Å². The SMILES string of the molecule is N=CC1=C(N)CNC1. The summed E-state index contributed by atoms with van der Waals surface area (Å²) in [6.07, 6.45) is 1.30. The van der Waals surface area contributed by atoms with Gasteiger partial charge in [-0.15, -0.1) is 0 Å². The van der Waals surface area contributed by atoms with Crippen molar-refractivity contribution in [3.05, 3.63) is 11.3 Å². The Balaban J connectivity index is 2.72. The van der Waals surface area contributed by atoms with Gasteiger partial charge in [0.25, 0.3) is 0 Å². The van der Waals surface area contributed by atoms with Crippen molar-refractivity contribution < 1.29 is 0 Å². The molecule has 3 heteroatoms. The quantitative estimate of drug-likeness (QED) is 0.398. The predicted octanol–water partition coefficient (Wildman–Crippen LogP) is -0.548. The van der Waals surface area contributed by atoms with Gasteiger partial charge in [0.1, 0.15) is 0 Å². The molecular formula is C5H9N3. The van der Waals surface area contributed by atoms with E-state index in [4.69, 9.17) is 11.1 Å². The fourth-order valence-corrected chi connectivity index (χ4v) is 0.703. The number of nitrogens with two attached hydrogens (primary N) is 1. The number of hydrogen-bond acceptors (Lipinski definition) is 3. The third kappa shape index (κ3) is 0.721. The van der Waals surface area contributed by atoms with Crippen LogP contribution < -0.4 is 11.1 Å². The second-order valence-electron chi connectivity index (χ2n) is 1.80. The van der Waals surface area contributed by atoms with Gasteiger partial charge >= 0.3 is 0 Å². The second kappa shape index (κ2) is 1.96. The minimum absolute atomic E-state index is 0.741. The molecule has 0 unspecified atom stereocenters. The molecule has 0 radical (unpaired) electrons. The Kier molecular flexibility index (Phi) is 1.30. The molecule has 0 aliphatic carbocycles. The van der Waals surface area contributed by atoms with E-state index in [2.05, 4.69) is 5.32 Å². The van der Waals surface area contributed by atoms with E-state index in [-0.39, 0.29) is 0 Å². The van der Waals surface area contributed by atoms with E-state index in [1.54, 1.807) is 0 Å². The van der Waals surface area contributed by atoms with Gasteiger partial charge in [0.15, 0.2) is 0 Å². The van der Waals surface area contributed by atoms with Crippen LogP contribution in [0.25, 0.3) is 0 Å². The summed E-state index contributed by atoms with van der Waals surface area (Å²) in [5.41, 5.74) is 7.18. The fraction of sp³-hybridized carbons (Fsp3) is 0.400. The van der Waals surface area contributed by atoms with Crippen molar-refractivity contribution in [2.45, 2.75) is 0 Å². The average molecular weight is 111 g/mol. The average Bonchev–Trinajstić information content (AvgIpc) is 2.14. The molecule has 0 saturated carbocycles. The Hall–Kier alpha value is -0.830. The number of nitrogens with one attached hydrogen (secondary N) is 2. The molecule has 3 nitrogen and oxygen atoms in total. The molecular weight excluding hydrogens is 102 g/mol. The highest BCUT2D eigenvalue weighted by molar-refractivity contribution is 5.78. The minimum Gasteiger partial charge on any atom is -0.401 e.